The molecule has 0 spiro atoms. The van der Waals surface area contributed by atoms with E-state index < -0.39 is 0 Å². The molecule has 1 aliphatic heterocycles. The summed E-state index contributed by atoms with van der Waals surface area (Å²) in [6.07, 6.45) is 3.91. The van der Waals surface area contributed by atoms with Gasteiger partial charge in [-0.05, 0) is 25.8 Å². The van der Waals surface area contributed by atoms with Crippen LogP contribution in [-0.2, 0) is 0 Å². The maximum Gasteiger partial charge on any atom is 0.257 e. The lowest BCUT2D eigenvalue weighted by Gasteiger charge is -2.37. The Morgan fingerprint density at radius 2 is 2.16 bits per heavy atom. The van der Waals surface area contributed by atoms with Crippen molar-refractivity contribution in [1.82, 2.24) is 30.1 Å². The summed E-state index contributed by atoms with van der Waals surface area (Å²) in [5.41, 5.74) is 1.54. The molecule has 0 bridgehead atoms. The molecule has 8 heteroatoms. The van der Waals surface area contributed by atoms with E-state index >= 15 is 0 Å². The monoisotopic (exact) mass is 344 g/mol. The number of nitrogens with one attached hydrogen (secondary N) is 1. The number of carbonyl (C=O) groups is 1. The van der Waals surface area contributed by atoms with E-state index in [9.17, 15) is 4.79 Å². The Labute approximate surface area is 146 Å². The molecule has 0 radical (unpaired) electrons. The number of likely N-dealkylation sites (N-methyl/N-ethyl adjacent to an activating group) is 1. The zero-order chi connectivity index (χ0) is 17.6. The Bertz CT molecular complexity index is 763. The number of piperazine rings is 1. The summed E-state index contributed by atoms with van der Waals surface area (Å²) in [6.45, 7) is 6.10. The molecule has 2 fully saturated rings. The van der Waals surface area contributed by atoms with E-state index in [0.717, 1.165) is 30.9 Å². The maximum absolute atomic E-state index is 13.0. The topological polar surface area (TPSA) is 91.2 Å². The largest absolute Gasteiger partial charge is 0.338 e. The Hall–Kier alpha value is -2.22. The van der Waals surface area contributed by atoms with Gasteiger partial charge in [-0.25, -0.2) is 0 Å². The Morgan fingerprint density at radius 1 is 1.36 bits per heavy atom. The first-order valence-corrected chi connectivity index (χ1v) is 8.91. The summed E-state index contributed by atoms with van der Waals surface area (Å²) < 4.78 is 5.50. The SMILES string of the molecule is CC(C)c1[nH]ncc1C(=O)N1CCN(C)C(c2nc(C3CC3)no2)C1. The maximum atomic E-state index is 13.0. The van der Waals surface area contributed by atoms with Crippen molar-refractivity contribution >= 4 is 5.91 Å². The molecule has 2 aliphatic rings. The van der Waals surface area contributed by atoms with Gasteiger partial charge in [0.2, 0.25) is 5.89 Å². The van der Waals surface area contributed by atoms with Gasteiger partial charge in [0.15, 0.2) is 5.82 Å². The molecule has 1 saturated carbocycles. The third kappa shape index (κ3) is 3.06. The van der Waals surface area contributed by atoms with Crippen molar-refractivity contribution in [2.24, 2.45) is 0 Å². The standard InChI is InChI=1S/C17H24N6O2/c1-10(2)14-12(8-18-20-14)17(24)23-7-6-22(3)13(9-23)16-19-15(21-25-16)11-4-5-11/h8,10-11,13H,4-7,9H2,1-3H3,(H,18,20). The van der Waals surface area contributed by atoms with Crippen LogP contribution in [-0.4, -0.2) is 62.7 Å². The number of H-pyrrole nitrogens is 1. The van der Waals surface area contributed by atoms with E-state index in [1.165, 1.54) is 0 Å². The normalized spacial score (nSPS) is 21.9. The van der Waals surface area contributed by atoms with Crippen molar-refractivity contribution < 1.29 is 9.32 Å². The van der Waals surface area contributed by atoms with Crippen LogP contribution < -0.4 is 0 Å². The van der Waals surface area contributed by atoms with Gasteiger partial charge in [-0.1, -0.05) is 19.0 Å². The van der Waals surface area contributed by atoms with Crippen molar-refractivity contribution in [2.75, 3.05) is 26.7 Å². The lowest BCUT2D eigenvalue weighted by atomic mass is 10.0. The van der Waals surface area contributed by atoms with E-state index in [1.807, 2.05) is 11.9 Å². The zero-order valence-corrected chi connectivity index (χ0v) is 14.9. The van der Waals surface area contributed by atoms with Crippen molar-refractivity contribution in [2.45, 2.75) is 44.6 Å². The fourth-order valence-electron chi connectivity index (χ4n) is 3.29. The van der Waals surface area contributed by atoms with E-state index in [-0.39, 0.29) is 17.9 Å². The van der Waals surface area contributed by atoms with Gasteiger partial charge in [0.1, 0.15) is 6.04 Å². The van der Waals surface area contributed by atoms with Crippen LogP contribution in [0.25, 0.3) is 0 Å². The molecular weight excluding hydrogens is 320 g/mol. The number of carbonyl (C=O) groups excluding carboxylic acids is 1. The smallest absolute Gasteiger partial charge is 0.257 e. The number of amides is 1. The van der Waals surface area contributed by atoms with Crippen LogP contribution in [0.5, 0.6) is 0 Å². The van der Waals surface area contributed by atoms with Crippen molar-refractivity contribution in [1.29, 1.82) is 0 Å². The summed E-state index contributed by atoms with van der Waals surface area (Å²) in [4.78, 5) is 21.6. The second-order valence-electron chi connectivity index (χ2n) is 7.36. The molecule has 134 valence electrons. The third-order valence-electron chi connectivity index (χ3n) is 5.10. The second kappa shape index (κ2) is 6.25. The molecule has 25 heavy (non-hydrogen) atoms. The molecule has 1 N–H and O–H groups in total. The van der Waals surface area contributed by atoms with Crippen molar-refractivity contribution in [3.63, 3.8) is 0 Å². The number of rotatable bonds is 4. The Balaban J connectivity index is 1.53. The van der Waals surface area contributed by atoms with Crippen molar-refractivity contribution in [3.8, 4) is 0 Å². The molecule has 0 aromatic carbocycles. The lowest BCUT2D eigenvalue weighted by molar-refractivity contribution is 0.0487. The molecule has 1 atom stereocenters. The highest BCUT2D eigenvalue weighted by Gasteiger charge is 2.35. The van der Waals surface area contributed by atoms with Gasteiger partial charge < -0.3 is 9.42 Å². The highest BCUT2D eigenvalue weighted by atomic mass is 16.5. The molecule has 1 unspecified atom stereocenters. The summed E-state index contributed by atoms with van der Waals surface area (Å²) >= 11 is 0. The number of hydrogen-bond acceptors (Lipinski definition) is 6. The van der Waals surface area contributed by atoms with Crippen molar-refractivity contribution in [3.05, 3.63) is 29.2 Å². The highest BCUT2D eigenvalue weighted by Crippen LogP contribution is 2.39. The molecule has 8 nitrogen and oxygen atoms in total. The van der Waals surface area contributed by atoms with Gasteiger partial charge in [0.05, 0.1) is 17.5 Å². The van der Waals surface area contributed by atoms with Gasteiger partial charge in [-0.2, -0.15) is 10.1 Å². The van der Waals surface area contributed by atoms with E-state index in [1.54, 1.807) is 6.20 Å². The number of aromatic nitrogens is 4. The van der Waals surface area contributed by atoms with Gasteiger partial charge >= 0.3 is 0 Å². The molecule has 2 aromatic rings. The minimum absolute atomic E-state index is 0.0116. The first kappa shape index (κ1) is 16.3. The Kier molecular flexibility index (Phi) is 4.07. The Morgan fingerprint density at radius 3 is 2.88 bits per heavy atom. The molecular formula is C17H24N6O2. The van der Waals surface area contributed by atoms with E-state index in [0.29, 0.717) is 30.5 Å². The molecule has 1 saturated heterocycles. The van der Waals surface area contributed by atoms with Gasteiger partial charge in [-0.3, -0.25) is 14.8 Å². The minimum Gasteiger partial charge on any atom is -0.338 e. The van der Waals surface area contributed by atoms with E-state index in [2.05, 4.69) is 39.1 Å². The zero-order valence-electron chi connectivity index (χ0n) is 14.9. The molecule has 4 rings (SSSR count). The number of aromatic amines is 1. The second-order valence-corrected chi connectivity index (χ2v) is 7.36. The van der Waals surface area contributed by atoms with Crippen LogP contribution >= 0.6 is 0 Å². The molecule has 1 amide bonds. The van der Waals surface area contributed by atoms with Crippen LogP contribution in [0.3, 0.4) is 0 Å². The summed E-state index contributed by atoms with van der Waals surface area (Å²) in [5.74, 6) is 2.12. The number of hydrogen-bond donors (Lipinski definition) is 1. The predicted molar refractivity (Wildman–Crippen MR) is 90.2 cm³/mol. The predicted octanol–water partition coefficient (Wildman–Crippen LogP) is 1.92. The quantitative estimate of drug-likeness (QED) is 0.911. The minimum atomic E-state index is -0.0629. The van der Waals surface area contributed by atoms with Crippen LogP contribution in [0.1, 0.15) is 72.3 Å². The summed E-state index contributed by atoms with van der Waals surface area (Å²) in [5, 5.41) is 11.1. The highest BCUT2D eigenvalue weighted by molar-refractivity contribution is 5.95. The molecule has 2 aromatic heterocycles. The van der Waals surface area contributed by atoms with Crippen LogP contribution in [0.2, 0.25) is 0 Å². The lowest BCUT2D eigenvalue weighted by Crippen LogP contribution is -2.49. The third-order valence-corrected chi connectivity index (χ3v) is 5.10. The van der Waals surface area contributed by atoms with Crippen LogP contribution in [0.4, 0.5) is 0 Å². The average Bonchev–Trinajstić information content (AvgIpc) is 3.12. The fraction of sp³-hybridized carbons (Fsp3) is 0.647. The van der Waals surface area contributed by atoms with Crippen LogP contribution in [0.15, 0.2) is 10.7 Å². The fourth-order valence-corrected chi connectivity index (χ4v) is 3.29. The van der Waals surface area contributed by atoms with Gasteiger partial charge in [0, 0.05) is 25.6 Å². The average molecular weight is 344 g/mol. The molecule has 1 aliphatic carbocycles. The van der Waals surface area contributed by atoms with Gasteiger partial charge in [-0.15, -0.1) is 0 Å². The summed E-state index contributed by atoms with van der Waals surface area (Å²) in [6, 6.07) is -0.0629. The van der Waals surface area contributed by atoms with E-state index in [4.69, 9.17) is 4.52 Å². The first-order chi connectivity index (χ1) is 12.0. The summed E-state index contributed by atoms with van der Waals surface area (Å²) in [7, 11) is 2.03. The number of nitrogens with zero attached hydrogens (tertiary/aromatic N) is 5. The first-order valence-electron chi connectivity index (χ1n) is 8.91. The molecule has 3 heterocycles. The van der Waals surface area contributed by atoms with Crippen LogP contribution in [0, 0.1) is 0 Å². The van der Waals surface area contributed by atoms with Gasteiger partial charge in [0.25, 0.3) is 5.91 Å².